The van der Waals surface area contributed by atoms with Crippen LogP contribution in [0.2, 0.25) is 0 Å². The van der Waals surface area contributed by atoms with Gasteiger partial charge in [-0.1, -0.05) is 67.8 Å². The van der Waals surface area contributed by atoms with Crippen LogP contribution in [0, 0.1) is 0 Å². The maximum Gasteiger partial charge on any atom is 0.412 e. The smallest absolute Gasteiger partial charge is 0.412 e. The van der Waals surface area contributed by atoms with E-state index in [4.69, 9.17) is 18.9 Å². The van der Waals surface area contributed by atoms with Gasteiger partial charge in [0.1, 0.15) is 24.7 Å². The van der Waals surface area contributed by atoms with Crippen LogP contribution in [-0.4, -0.2) is 50.4 Å². The lowest BCUT2D eigenvalue weighted by Gasteiger charge is -2.32. The molecule has 0 aliphatic carbocycles. The van der Waals surface area contributed by atoms with Gasteiger partial charge in [0.05, 0.1) is 13.1 Å². The highest BCUT2D eigenvalue weighted by atomic mass is 16.6. The highest BCUT2D eigenvalue weighted by Crippen LogP contribution is 2.39. The molecule has 0 heterocycles. The van der Waals surface area contributed by atoms with E-state index in [1.165, 1.54) is 0 Å². The van der Waals surface area contributed by atoms with Crippen molar-refractivity contribution in [3.8, 4) is 11.5 Å². The van der Waals surface area contributed by atoms with Crippen LogP contribution in [0.3, 0.4) is 0 Å². The minimum absolute atomic E-state index is 0.00334. The van der Waals surface area contributed by atoms with Crippen LogP contribution >= 0.6 is 0 Å². The highest BCUT2D eigenvalue weighted by Gasteiger charge is 2.31. The van der Waals surface area contributed by atoms with Gasteiger partial charge in [0, 0.05) is 16.6 Å². The minimum atomic E-state index is -0.678. The number of ether oxygens (including phenoxy) is 4. The quantitative estimate of drug-likeness (QED) is 0.115. The Morgan fingerprint density at radius 2 is 0.977 bits per heavy atom. The topological polar surface area (TPSA) is 129 Å². The Balaban J connectivity index is 1.66. The second-order valence-electron chi connectivity index (χ2n) is 10.0. The van der Waals surface area contributed by atoms with Gasteiger partial charge < -0.3 is 29.6 Å². The molecule has 10 heteroatoms. The molecule has 0 saturated heterocycles. The molecule has 0 aromatic heterocycles. The van der Waals surface area contributed by atoms with E-state index < -0.39 is 29.5 Å². The summed E-state index contributed by atoms with van der Waals surface area (Å²) >= 11 is 0. The number of carbonyl (C=O) groups excluding carboxylic acids is 4. The molecule has 0 bridgehead atoms. The molecule has 0 aliphatic heterocycles. The molecule has 0 unspecified atom stereocenters. The molecular formula is C34H36N2O8. The van der Waals surface area contributed by atoms with E-state index in [0.717, 1.165) is 16.7 Å². The van der Waals surface area contributed by atoms with Crippen LogP contribution in [0.25, 0.3) is 0 Å². The predicted molar refractivity (Wildman–Crippen MR) is 164 cm³/mol. The van der Waals surface area contributed by atoms with Crippen molar-refractivity contribution in [1.29, 1.82) is 0 Å². The van der Waals surface area contributed by atoms with Crippen LogP contribution in [0.4, 0.5) is 9.59 Å². The summed E-state index contributed by atoms with van der Waals surface area (Å²) in [6.45, 7) is 12.3. The summed E-state index contributed by atoms with van der Waals surface area (Å²) in [4.78, 5) is 47.2. The lowest BCUT2D eigenvalue weighted by atomic mass is 9.71. The summed E-state index contributed by atoms with van der Waals surface area (Å²) in [6.07, 6.45) is -1.36. The first kappa shape index (κ1) is 33.1. The molecule has 0 atom stereocenters. The van der Waals surface area contributed by atoms with E-state index >= 15 is 0 Å². The van der Waals surface area contributed by atoms with Crippen molar-refractivity contribution < 1.29 is 38.1 Å². The Kier molecular flexibility index (Phi) is 11.8. The number of carbonyl (C=O) groups is 4. The largest absolute Gasteiger partial charge is 0.460 e. The molecule has 44 heavy (non-hydrogen) atoms. The van der Waals surface area contributed by atoms with Gasteiger partial charge in [0.25, 0.3) is 0 Å². The lowest BCUT2D eigenvalue weighted by Crippen LogP contribution is -2.31. The van der Waals surface area contributed by atoms with Crippen molar-refractivity contribution in [2.45, 2.75) is 26.2 Å². The third kappa shape index (κ3) is 9.32. The third-order valence-electron chi connectivity index (χ3n) is 6.54. The van der Waals surface area contributed by atoms with Crippen molar-refractivity contribution in [2.24, 2.45) is 0 Å². The summed E-state index contributed by atoms with van der Waals surface area (Å²) < 4.78 is 20.6. The minimum Gasteiger partial charge on any atom is -0.460 e. The van der Waals surface area contributed by atoms with Crippen LogP contribution < -0.4 is 20.1 Å². The number of esters is 2. The summed E-state index contributed by atoms with van der Waals surface area (Å²) in [7, 11) is 0. The number of rotatable bonds is 13. The Morgan fingerprint density at radius 3 is 1.34 bits per heavy atom. The number of nitrogens with one attached hydrogen (secondary N) is 2. The van der Waals surface area contributed by atoms with Gasteiger partial charge in [-0.25, -0.2) is 19.2 Å². The van der Waals surface area contributed by atoms with Gasteiger partial charge in [-0.15, -0.1) is 0 Å². The molecule has 230 valence electrons. The molecule has 10 nitrogen and oxygen atoms in total. The standard InChI is InChI=1S/C34H36N2O8/c1-23(2)30(37)41-21-19-35-32(39)43-28-15-11-26(12-16-28)34(5,25-9-7-6-8-10-25)27-13-17-29(18-14-27)44-33(40)36-20-22-42-31(38)24(3)4/h6-18H,1,3,19-22H2,2,4-5H3,(H,35,39)(H,36,40). The van der Waals surface area contributed by atoms with E-state index in [0.29, 0.717) is 11.5 Å². The number of hydrogen-bond acceptors (Lipinski definition) is 8. The van der Waals surface area contributed by atoms with Crippen LogP contribution in [-0.2, 0) is 24.5 Å². The SMILES string of the molecule is C=C(C)C(=O)OCCNC(=O)Oc1ccc(C(C)(c2ccccc2)c2ccc(OC(=O)NCCOC(=O)C(=C)C)cc2)cc1. The molecule has 2 amide bonds. The van der Waals surface area contributed by atoms with E-state index in [1.807, 2.05) is 54.6 Å². The molecular weight excluding hydrogens is 564 g/mol. The molecule has 0 aliphatic rings. The fourth-order valence-corrected chi connectivity index (χ4v) is 4.11. The van der Waals surface area contributed by atoms with Gasteiger partial charge in [-0.2, -0.15) is 0 Å². The maximum absolute atomic E-state index is 12.2. The zero-order chi connectivity index (χ0) is 32.1. The van der Waals surface area contributed by atoms with Crippen LogP contribution in [0.5, 0.6) is 11.5 Å². The highest BCUT2D eigenvalue weighted by molar-refractivity contribution is 5.87. The fourth-order valence-electron chi connectivity index (χ4n) is 4.11. The maximum atomic E-state index is 12.2. The molecule has 0 saturated carbocycles. The van der Waals surface area contributed by atoms with Crippen molar-refractivity contribution >= 4 is 24.1 Å². The molecule has 3 aromatic carbocycles. The Bertz CT molecular complexity index is 1390. The second kappa shape index (κ2) is 15.7. The molecule has 0 fully saturated rings. The van der Waals surface area contributed by atoms with Gasteiger partial charge in [-0.05, 0) is 61.7 Å². The van der Waals surface area contributed by atoms with E-state index in [9.17, 15) is 19.2 Å². The Hall–Kier alpha value is -5.38. The molecule has 2 N–H and O–H groups in total. The van der Waals surface area contributed by atoms with Crippen molar-refractivity contribution in [1.82, 2.24) is 10.6 Å². The first-order valence-electron chi connectivity index (χ1n) is 13.8. The normalized spacial score (nSPS) is 10.6. The predicted octanol–water partition coefficient (Wildman–Crippen LogP) is 5.46. The Morgan fingerprint density at radius 1 is 0.614 bits per heavy atom. The van der Waals surface area contributed by atoms with E-state index in [1.54, 1.807) is 38.1 Å². The summed E-state index contributed by atoms with van der Waals surface area (Å²) in [5.41, 5.74) is 2.83. The number of amides is 2. The molecule has 0 spiro atoms. The zero-order valence-electron chi connectivity index (χ0n) is 25.0. The Labute approximate surface area is 256 Å². The van der Waals surface area contributed by atoms with Gasteiger partial charge >= 0.3 is 24.1 Å². The fraction of sp³-hybridized carbons (Fsp3) is 0.235. The van der Waals surface area contributed by atoms with Crippen LogP contribution in [0.15, 0.2) is 103 Å². The summed E-state index contributed by atoms with van der Waals surface area (Å²) in [5, 5.41) is 5.06. The van der Waals surface area contributed by atoms with Gasteiger partial charge in [0.15, 0.2) is 0 Å². The number of hydrogen-bond donors (Lipinski definition) is 2. The average molecular weight is 601 g/mol. The van der Waals surface area contributed by atoms with Gasteiger partial charge in [-0.3, -0.25) is 0 Å². The second-order valence-corrected chi connectivity index (χ2v) is 10.0. The van der Waals surface area contributed by atoms with Crippen molar-refractivity contribution in [2.75, 3.05) is 26.3 Å². The van der Waals surface area contributed by atoms with Crippen molar-refractivity contribution in [3.05, 3.63) is 120 Å². The summed E-state index contributed by atoms with van der Waals surface area (Å²) in [6, 6.07) is 24.2. The lowest BCUT2D eigenvalue weighted by molar-refractivity contribution is -0.139. The first-order chi connectivity index (χ1) is 21.0. The zero-order valence-corrected chi connectivity index (χ0v) is 25.0. The number of benzene rings is 3. The van der Waals surface area contributed by atoms with Gasteiger partial charge in [0.2, 0.25) is 0 Å². The molecule has 3 rings (SSSR count). The summed E-state index contributed by atoms with van der Waals surface area (Å²) in [5.74, 6) is -0.379. The van der Waals surface area contributed by atoms with Crippen molar-refractivity contribution in [3.63, 3.8) is 0 Å². The van der Waals surface area contributed by atoms with Crippen LogP contribution in [0.1, 0.15) is 37.5 Å². The third-order valence-corrected chi connectivity index (χ3v) is 6.54. The first-order valence-corrected chi connectivity index (χ1v) is 13.8. The van der Waals surface area contributed by atoms with E-state index in [-0.39, 0.29) is 37.4 Å². The average Bonchev–Trinajstić information content (AvgIpc) is 3.01. The van der Waals surface area contributed by atoms with E-state index in [2.05, 4.69) is 30.7 Å². The molecule has 3 aromatic rings. The monoisotopic (exact) mass is 600 g/mol. The molecule has 0 radical (unpaired) electrons.